The highest BCUT2D eigenvalue weighted by atomic mass is 16.5. The second kappa shape index (κ2) is 7.13. The molecule has 2 aromatic rings. The number of nitrogens with one attached hydrogen (secondary N) is 1. The molecule has 1 aliphatic rings. The van der Waals surface area contributed by atoms with Gasteiger partial charge in [0.2, 0.25) is 0 Å². The molecule has 0 bridgehead atoms. The van der Waals surface area contributed by atoms with Gasteiger partial charge in [0, 0.05) is 30.8 Å². The lowest BCUT2D eigenvalue weighted by Gasteiger charge is -2.28. The van der Waals surface area contributed by atoms with Crippen LogP contribution in [0.1, 0.15) is 37.0 Å². The molecule has 3 heterocycles. The number of hydrogen-bond acceptors (Lipinski definition) is 6. The van der Waals surface area contributed by atoms with Gasteiger partial charge in [0.25, 0.3) is 0 Å². The van der Waals surface area contributed by atoms with Gasteiger partial charge in [-0.1, -0.05) is 13.8 Å². The molecule has 0 radical (unpaired) electrons. The van der Waals surface area contributed by atoms with E-state index in [4.69, 9.17) is 9.72 Å². The Hall–Kier alpha value is -2.21. The molecule has 1 saturated heterocycles. The fourth-order valence-corrected chi connectivity index (χ4v) is 2.70. The maximum Gasteiger partial charge on any atom is 0.134 e. The summed E-state index contributed by atoms with van der Waals surface area (Å²) >= 11 is 0. The zero-order chi connectivity index (χ0) is 17.1. The highest BCUT2D eigenvalue weighted by Gasteiger charge is 2.14. The fourth-order valence-electron chi connectivity index (χ4n) is 2.70. The monoisotopic (exact) mass is 327 g/mol. The average molecular weight is 327 g/mol. The van der Waals surface area contributed by atoms with Gasteiger partial charge < -0.3 is 15.0 Å². The van der Waals surface area contributed by atoms with Gasteiger partial charge in [0.1, 0.15) is 17.5 Å². The Balaban J connectivity index is 1.80. The molecule has 0 amide bonds. The minimum atomic E-state index is 0.299. The van der Waals surface area contributed by atoms with E-state index >= 15 is 0 Å². The molecular formula is C18H25N5O. The van der Waals surface area contributed by atoms with E-state index in [9.17, 15) is 0 Å². The summed E-state index contributed by atoms with van der Waals surface area (Å²) in [5.74, 6) is 2.97. The molecule has 1 N–H and O–H groups in total. The fraction of sp³-hybridized carbons (Fsp3) is 0.500. The van der Waals surface area contributed by atoms with Gasteiger partial charge in [-0.05, 0) is 26.0 Å². The maximum absolute atomic E-state index is 5.40. The minimum absolute atomic E-state index is 0.299. The summed E-state index contributed by atoms with van der Waals surface area (Å²) in [4.78, 5) is 16.1. The van der Waals surface area contributed by atoms with Crippen molar-refractivity contribution in [1.82, 2.24) is 15.0 Å². The third kappa shape index (κ3) is 3.82. The van der Waals surface area contributed by atoms with Gasteiger partial charge in [-0.3, -0.25) is 0 Å². The zero-order valence-electron chi connectivity index (χ0n) is 14.8. The van der Waals surface area contributed by atoms with Crippen molar-refractivity contribution in [2.45, 2.75) is 33.6 Å². The van der Waals surface area contributed by atoms with E-state index in [1.165, 1.54) is 0 Å². The summed E-state index contributed by atoms with van der Waals surface area (Å²) in [7, 11) is 0. The number of aryl methyl sites for hydroxylation is 2. The van der Waals surface area contributed by atoms with Gasteiger partial charge in [-0.15, -0.1) is 0 Å². The summed E-state index contributed by atoms with van der Waals surface area (Å²) in [6.07, 6.45) is 0. The van der Waals surface area contributed by atoms with Gasteiger partial charge in [0.15, 0.2) is 0 Å². The Kier molecular flexibility index (Phi) is 4.94. The first-order valence-electron chi connectivity index (χ1n) is 8.46. The Morgan fingerprint density at radius 1 is 1.08 bits per heavy atom. The number of aromatic nitrogens is 3. The van der Waals surface area contributed by atoms with Crippen LogP contribution in [0.15, 0.2) is 18.2 Å². The Labute approximate surface area is 143 Å². The molecule has 1 fully saturated rings. The Morgan fingerprint density at radius 2 is 1.83 bits per heavy atom. The number of morpholine rings is 1. The number of rotatable bonds is 4. The number of nitrogens with zero attached hydrogens (tertiary/aromatic N) is 4. The summed E-state index contributed by atoms with van der Waals surface area (Å²) in [5.41, 5.74) is 2.90. The van der Waals surface area contributed by atoms with Crippen molar-refractivity contribution in [2.24, 2.45) is 0 Å². The topological polar surface area (TPSA) is 63.2 Å². The van der Waals surface area contributed by atoms with Crippen LogP contribution in [0.2, 0.25) is 0 Å². The lowest BCUT2D eigenvalue weighted by atomic mass is 10.2. The highest BCUT2D eigenvalue weighted by molar-refractivity contribution is 5.61. The van der Waals surface area contributed by atoms with Gasteiger partial charge in [-0.25, -0.2) is 15.0 Å². The average Bonchev–Trinajstić information content (AvgIpc) is 2.57. The van der Waals surface area contributed by atoms with Crippen LogP contribution in [0.4, 0.5) is 17.3 Å². The van der Waals surface area contributed by atoms with Crippen LogP contribution in [0.25, 0.3) is 0 Å². The predicted molar refractivity (Wildman–Crippen MR) is 96.1 cm³/mol. The second-order valence-corrected chi connectivity index (χ2v) is 6.43. The van der Waals surface area contributed by atoms with Crippen molar-refractivity contribution in [1.29, 1.82) is 0 Å². The maximum atomic E-state index is 5.40. The van der Waals surface area contributed by atoms with Crippen molar-refractivity contribution < 1.29 is 4.74 Å². The Bertz CT molecular complexity index is 711. The van der Waals surface area contributed by atoms with Crippen LogP contribution < -0.4 is 10.2 Å². The standard InChI is InChI=1S/C18H25N5O/c1-12(2)18-19-13(3)11-16(22-18)21-15-5-6-17(20-14(15)4)23-7-9-24-10-8-23/h5-6,11-12H,7-10H2,1-4H3,(H,19,21,22). The largest absolute Gasteiger partial charge is 0.378 e. The highest BCUT2D eigenvalue weighted by Crippen LogP contribution is 2.23. The normalized spacial score (nSPS) is 15.0. The Morgan fingerprint density at radius 3 is 2.50 bits per heavy atom. The van der Waals surface area contributed by atoms with Crippen molar-refractivity contribution in [3.63, 3.8) is 0 Å². The summed E-state index contributed by atoms with van der Waals surface area (Å²) in [6.45, 7) is 11.5. The van der Waals surface area contributed by atoms with Crippen LogP contribution >= 0.6 is 0 Å². The number of pyridine rings is 1. The number of hydrogen-bond donors (Lipinski definition) is 1. The predicted octanol–water partition coefficient (Wildman–Crippen LogP) is 3.19. The smallest absolute Gasteiger partial charge is 0.134 e. The van der Waals surface area contributed by atoms with E-state index in [1.54, 1.807) is 0 Å². The van der Waals surface area contributed by atoms with E-state index in [2.05, 4.69) is 46.2 Å². The summed E-state index contributed by atoms with van der Waals surface area (Å²) in [6, 6.07) is 6.08. The molecule has 1 aliphatic heterocycles. The van der Waals surface area contributed by atoms with E-state index in [0.29, 0.717) is 5.92 Å². The molecule has 24 heavy (non-hydrogen) atoms. The molecule has 0 aromatic carbocycles. The molecule has 0 saturated carbocycles. The van der Waals surface area contributed by atoms with Crippen molar-refractivity contribution in [2.75, 3.05) is 36.5 Å². The molecule has 128 valence electrons. The molecule has 0 atom stereocenters. The van der Waals surface area contributed by atoms with Crippen molar-refractivity contribution >= 4 is 17.3 Å². The molecule has 6 heteroatoms. The molecule has 3 rings (SSSR count). The molecule has 6 nitrogen and oxygen atoms in total. The first-order chi connectivity index (χ1) is 11.5. The van der Waals surface area contributed by atoms with Gasteiger partial charge in [-0.2, -0.15) is 0 Å². The van der Waals surface area contributed by atoms with E-state index < -0.39 is 0 Å². The van der Waals surface area contributed by atoms with Gasteiger partial charge >= 0.3 is 0 Å². The minimum Gasteiger partial charge on any atom is -0.378 e. The lowest BCUT2D eigenvalue weighted by molar-refractivity contribution is 0.122. The SMILES string of the molecule is Cc1cc(Nc2ccc(N3CCOCC3)nc2C)nc(C(C)C)n1. The van der Waals surface area contributed by atoms with Crippen LogP contribution in [0.5, 0.6) is 0 Å². The molecule has 0 spiro atoms. The number of anilines is 3. The van der Waals surface area contributed by atoms with Crippen LogP contribution in [0.3, 0.4) is 0 Å². The van der Waals surface area contributed by atoms with Crippen molar-refractivity contribution in [3.8, 4) is 0 Å². The summed E-state index contributed by atoms with van der Waals surface area (Å²) in [5, 5.41) is 3.38. The molecule has 2 aromatic heterocycles. The van der Waals surface area contributed by atoms with Gasteiger partial charge in [0.05, 0.1) is 24.6 Å². The molecular weight excluding hydrogens is 302 g/mol. The summed E-state index contributed by atoms with van der Waals surface area (Å²) < 4.78 is 5.40. The van der Waals surface area contributed by atoms with E-state index in [0.717, 1.165) is 60.8 Å². The first kappa shape index (κ1) is 16.6. The molecule has 0 unspecified atom stereocenters. The second-order valence-electron chi connectivity index (χ2n) is 6.43. The number of ether oxygens (including phenoxy) is 1. The lowest BCUT2D eigenvalue weighted by Crippen LogP contribution is -2.36. The first-order valence-corrected chi connectivity index (χ1v) is 8.46. The third-order valence-electron chi connectivity index (χ3n) is 4.06. The quantitative estimate of drug-likeness (QED) is 0.930. The zero-order valence-corrected chi connectivity index (χ0v) is 14.8. The van der Waals surface area contributed by atoms with E-state index in [-0.39, 0.29) is 0 Å². The third-order valence-corrected chi connectivity index (χ3v) is 4.06. The van der Waals surface area contributed by atoms with Crippen molar-refractivity contribution in [3.05, 3.63) is 35.4 Å². The van der Waals surface area contributed by atoms with E-state index in [1.807, 2.05) is 19.9 Å². The van der Waals surface area contributed by atoms with Crippen LogP contribution in [-0.2, 0) is 4.74 Å². The molecule has 0 aliphatic carbocycles. The van der Waals surface area contributed by atoms with Crippen LogP contribution in [-0.4, -0.2) is 41.3 Å². The van der Waals surface area contributed by atoms with Crippen LogP contribution in [0, 0.1) is 13.8 Å².